The summed E-state index contributed by atoms with van der Waals surface area (Å²) in [6, 6.07) is 12.3. The molecule has 0 radical (unpaired) electrons. The molecule has 2 aromatic heterocycles. The van der Waals surface area contributed by atoms with Crippen molar-refractivity contribution in [2.75, 3.05) is 31.1 Å². The minimum absolute atomic E-state index is 0.0813. The average Bonchev–Trinajstić information content (AvgIpc) is 3.44. The van der Waals surface area contributed by atoms with Gasteiger partial charge in [-0.15, -0.1) is 11.3 Å². The number of carbonyl (C=O) groups is 1. The van der Waals surface area contributed by atoms with Crippen molar-refractivity contribution in [1.29, 1.82) is 0 Å². The Kier molecular flexibility index (Phi) is 5.36. The molecule has 1 aliphatic carbocycles. The van der Waals surface area contributed by atoms with Gasteiger partial charge in [-0.05, 0) is 54.6 Å². The number of piperazine rings is 1. The van der Waals surface area contributed by atoms with Crippen molar-refractivity contribution < 1.29 is 9.32 Å². The first kappa shape index (κ1) is 19.1. The van der Waals surface area contributed by atoms with Gasteiger partial charge in [-0.1, -0.05) is 17.6 Å². The summed E-state index contributed by atoms with van der Waals surface area (Å²) in [7, 11) is 0. The summed E-state index contributed by atoms with van der Waals surface area (Å²) in [6.45, 7) is 3.11. The zero-order valence-electron chi connectivity index (χ0n) is 16.7. The number of hydrogen-bond acceptors (Lipinski definition) is 6. The van der Waals surface area contributed by atoms with Crippen LogP contribution in [-0.2, 0) is 4.79 Å². The van der Waals surface area contributed by atoms with Gasteiger partial charge in [-0.25, -0.2) is 0 Å². The van der Waals surface area contributed by atoms with Crippen molar-refractivity contribution in [2.24, 2.45) is 0 Å². The van der Waals surface area contributed by atoms with Crippen LogP contribution in [-0.4, -0.2) is 47.1 Å². The van der Waals surface area contributed by atoms with Crippen LogP contribution in [0.15, 0.2) is 52.4 Å². The minimum Gasteiger partial charge on any atom is -0.368 e. The fraction of sp³-hybridized carbons (Fsp3) is 0.348. The summed E-state index contributed by atoms with van der Waals surface area (Å²) in [4.78, 5) is 22.3. The Morgan fingerprint density at radius 2 is 1.90 bits per heavy atom. The zero-order chi connectivity index (χ0) is 20.3. The molecule has 0 atom stereocenters. The van der Waals surface area contributed by atoms with Crippen molar-refractivity contribution >= 4 is 29.0 Å². The molecule has 0 bridgehead atoms. The highest BCUT2D eigenvalue weighted by atomic mass is 32.1. The normalized spacial score (nSPS) is 17.5. The Labute approximate surface area is 179 Å². The van der Waals surface area contributed by atoms with E-state index in [4.69, 9.17) is 4.52 Å². The van der Waals surface area contributed by atoms with E-state index < -0.39 is 0 Å². The van der Waals surface area contributed by atoms with Gasteiger partial charge in [0.05, 0.1) is 0 Å². The summed E-state index contributed by atoms with van der Waals surface area (Å²) in [5, 5.41) is 6.16. The predicted octanol–water partition coefficient (Wildman–Crippen LogP) is 4.43. The van der Waals surface area contributed by atoms with E-state index in [0.717, 1.165) is 61.0 Å². The minimum atomic E-state index is 0.0813. The van der Waals surface area contributed by atoms with Gasteiger partial charge >= 0.3 is 0 Å². The van der Waals surface area contributed by atoms with E-state index in [1.54, 1.807) is 17.4 Å². The lowest BCUT2D eigenvalue weighted by molar-refractivity contribution is -0.126. The van der Waals surface area contributed by atoms with Crippen LogP contribution in [0.5, 0.6) is 0 Å². The molecular formula is C23H24N4O2S. The molecule has 3 heterocycles. The third-order valence-electron chi connectivity index (χ3n) is 5.91. The standard InChI is InChI=1S/C23H24N4O2S/c28-21(11-10-20-5-2-16-30-20)27-14-12-26(13-15-27)19-8-6-17(7-9-19)22-24-23(29-25-22)18-3-1-4-18/h2,5-11,16,18H,1,3-4,12-15H2. The summed E-state index contributed by atoms with van der Waals surface area (Å²) >= 11 is 1.63. The van der Waals surface area contributed by atoms with Gasteiger partial charge < -0.3 is 14.3 Å². The molecule has 1 aliphatic heterocycles. The SMILES string of the molecule is O=C(C=Cc1cccs1)N1CCN(c2ccc(-c3noc(C4CCC4)n3)cc2)CC1. The molecular weight excluding hydrogens is 396 g/mol. The number of anilines is 1. The van der Waals surface area contributed by atoms with E-state index in [9.17, 15) is 4.79 Å². The van der Waals surface area contributed by atoms with Crippen molar-refractivity contribution in [2.45, 2.75) is 25.2 Å². The lowest BCUT2D eigenvalue weighted by Gasteiger charge is -2.35. The largest absolute Gasteiger partial charge is 0.368 e. The van der Waals surface area contributed by atoms with Gasteiger partial charge in [0.25, 0.3) is 0 Å². The molecule has 1 saturated heterocycles. The summed E-state index contributed by atoms with van der Waals surface area (Å²) < 4.78 is 5.43. The molecule has 30 heavy (non-hydrogen) atoms. The van der Waals surface area contributed by atoms with Gasteiger partial charge in [-0.3, -0.25) is 4.79 Å². The number of benzene rings is 1. The molecule has 6 nitrogen and oxygen atoms in total. The van der Waals surface area contributed by atoms with E-state index >= 15 is 0 Å². The number of carbonyl (C=O) groups excluding carboxylic acids is 1. The Balaban J connectivity index is 1.17. The van der Waals surface area contributed by atoms with Gasteiger partial charge in [0.1, 0.15) is 0 Å². The zero-order valence-corrected chi connectivity index (χ0v) is 17.6. The number of aromatic nitrogens is 2. The van der Waals surface area contributed by atoms with Gasteiger partial charge in [-0.2, -0.15) is 4.98 Å². The van der Waals surface area contributed by atoms with Crippen LogP contribution >= 0.6 is 11.3 Å². The van der Waals surface area contributed by atoms with Crippen molar-refractivity contribution in [1.82, 2.24) is 15.0 Å². The van der Waals surface area contributed by atoms with Crippen LogP contribution in [0.4, 0.5) is 5.69 Å². The topological polar surface area (TPSA) is 62.5 Å². The second kappa shape index (κ2) is 8.44. The molecule has 1 amide bonds. The number of nitrogens with zero attached hydrogens (tertiary/aromatic N) is 4. The van der Waals surface area contributed by atoms with Gasteiger partial charge in [0.15, 0.2) is 0 Å². The van der Waals surface area contributed by atoms with E-state index in [-0.39, 0.29) is 5.91 Å². The van der Waals surface area contributed by atoms with E-state index in [2.05, 4.69) is 27.2 Å². The van der Waals surface area contributed by atoms with Crippen molar-refractivity contribution in [3.8, 4) is 11.4 Å². The van der Waals surface area contributed by atoms with Gasteiger partial charge in [0.2, 0.25) is 17.6 Å². The fourth-order valence-corrected chi connectivity index (χ4v) is 4.44. The first-order valence-electron chi connectivity index (χ1n) is 10.5. The highest BCUT2D eigenvalue weighted by Crippen LogP contribution is 2.36. The van der Waals surface area contributed by atoms with Crippen LogP contribution in [0.25, 0.3) is 17.5 Å². The quantitative estimate of drug-likeness (QED) is 0.572. The molecule has 0 unspecified atom stereocenters. The molecule has 0 spiro atoms. The molecule has 7 heteroatoms. The van der Waals surface area contributed by atoms with E-state index in [1.807, 2.05) is 40.6 Å². The number of rotatable bonds is 5. The summed E-state index contributed by atoms with van der Waals surface area (Å²) in [5.41, 5.74) is 2.13. The maximum absolute atomic E-state index is 12.4. The summed E-state index contributed by atoms with van der Waals surface area (Å²) in [6.07, 6.45) is 7.13. The highest BCUT2D eigenvalue weighted by Gasteiger charge is 2.25. The Hall–Kier alpha value is -2.93. The molecule has 2 aliphatic rings. The maximum atomic E-state index is 12.4. The highest BCUT2D eigenvalue weighted by molar-refractivity contribution is 7.10. The number of thiophene rings is 1. The second-order valence-electron chi connectivity index (χ2n) is 7.79. The monoisotopic (exact) mass is 420 g/mol. The molecule has 0 N–H and O–H groups in total. The average molecular weight is 421 g/mol. The van der Waals surface area contributed by atoms with Crippen molar-refractivity contribution in [3.63, 3.8) is 0 Å². The third kappa shape index (κ3) is 4.03. The second-order valence-corrected chi connectivity index (χ2v) is 8.77. The predicted molar refractivity (Wildman–Crippen MR) is 118 cm³/mol. The lowest BCUT2D eigenvalue weighted by atomic mass is 9.85. The van der Waals surface area contributed by atoms with Crippen LogP contribution < -0.4 is 4.90 Å². The Morgan fingerprint density at radius 3 is 2.57 bits per heavy atom. The molecule has 154 valence electrons. The maximum Gasteiger partial charge on any atom is 0.246 e. The first-order chi connectivity index (χ1) is 14.8. The Morgan fingerprint density at radius 1 is 1.10 bits per heavy atom. The number of amides is 1. The summed E-state index contributed by atoms with van der Waals surface area (Å²) in [5.74, 6) is 1.97. The smallest absolute Gasteiger partial charge is 0.246 e. The van der Waals surface area contributed by atoms with E-state index in [0.29, 0.717) is 11.7 Å². The number of hydrogen-bond donors (Lipinski definition) is 0. The van der Waals surface area contributed by atoms with Crippen LogP contribution in [0, 0.1) is 0 Å². The van der Waals surface area contributed by atoms with Gasteiger partial charge in [0, 0.05) is 54.3 Å². The van der Waals surface area contributed by atoms with Crippen LogP contribution in [0.2, 0.25) is 0 Å². The third-order valence-corrected chi connectivity index (χ3v) is 6.75. The molecule has 5 rings (SSSR count). The van der Waals surface area contributed by atoms with E-state index in [1.165, 1.54) is 6.42 Å². The van der Waals surface area contributed by atoms with Crippen LogP contribution in [0.3, 0.4) is 0 Å². The molecule has 2 fully saturated rings. The Bertz CT molecular complexity index is 1010. The first-order valence-corrected chi connectivity index (χ1v) is 11.3. The molecule has 1 aromatic carbocycles. The fourth-order valence-electron chi connectivity index (χ4n) is 3.82. The molecule has 1 saturated carbocycles. The molecule has 3 aromatic rings. The van der Waals surface area contributed by atoms with Crippen LogP contribution in [0.1, 0.15) is 35.9 Å². The van der Waals surface area contributed by atoms with Crippen molar-refractivity contribution in [3.05, 3.63) is 58.6 Å². The lowest BCUT2D eigenvalue weighted by Crippen LogP contribution is -2.48.